The highest BCUT2D eigenvalue weighted by molar-refractivity contribution is 5.66. The second-order valence-corrected chi connectivity index (χ2v) is 6.73. The molecule has 0 unspecified atom stereocenters. The summed E-state index contributed by atoms with van der Waals surface area (Å²) in [5.74, 6) is 2.82. The molecule has 6 nitrogen and oxygen atoms in total. The van der Waals surface area contributed by atoms with Gasteiger partial charge in [0.1, 0.15) is 0 Å². The summed E-state index contributed by atoms with van der Waals surface area (Å²) < 4.78 is 0. The Bertz CT molecular complexity index is 1140. The van der Waals surface area contributed by atoms with Crippen molar-refractivity contribution in [1.29, 1.82) is 0 Å². The zero-order valence-corrected chi connectivity index (χ0v) is 17.2. The van der Waals surface area contributed by atoms with Gasteiger partial charge in [0.2, 0.25) is 0 Å². The summed E-state index contributed by atoms with van der Waals surface area (Å²) in [5, 5.41) is 14.6. The van der Waals surface area contributed by atoms with Crippen LogP contribution in [0.2, 0.25) is 0 Å². The Balaban J connectivity index is 0.000000730. The van der Waals surface area contributed by atoms with E-state index >= 15 is 0 Å². The molecule has 0 fully saturated rings. The Hall–Kier alpha value is -4.32. The van der Waals surface area contributed by atoms with E-state index in [4.69, 9.17) is 0 Å². The highest BCUT2D eigenvalue weighted by Gasteiger charge is 2.10. The van der Waals surface area contributed by atoms with Crippen LogP contribution in [-0.2, 0) is 0 Å². The lowest BCUT2D eigenvalue weighted by Gasteiger charge is -1.99. The van der Waals surface area contributed by atoms with Crippen molar-refractivity contribution in [3.8, 4) is 45.6 Å². The van der Waals surface area contributed by atoms with E-state index in [0.29, 0.717) is 11.6 Å². The summed E-state index contributed by atoms with van der Waals surface area (Å²) in [5.41, 5.74) is 3.89. The van der Waals surface area contributed by atoms with E-state index in [9.17, 15) is 0 Å². The first kappa shape index (κ1) is 20.0. The van der Waals surface area contributed by atoms with E-state index in [1.165, 1.54) is 0 Å². The van der Waals surface area contributed by atoms with Crippen molar-refractivity contribution in [2.75, 3.05) is 0 Å². The molecular weight excluding hydrogens is 384 g/mol. The minimum Gasteiger partial charge on any atom is -0.259 e. The number of rotatable bonds is 4. The van der Waals surface area contributed by atoms with Crippen LogP contribution in [0.3, 0.4) is 0 Å². The third-order valence-corrected chi connectivity index (χ3v) is 4.47. The van der Waals surface area contributed by atoms with Gasteiger partial charge in [0, 0.05) is 22.3 Å². The van der Waals surface area contributed by atoms with E-state index in [1.807, 2.05) is 91.9 Å². The third kappa shape index (κ3) is 4.64. The minimum absolute atomic E-state index is 0.683. The van der Waals surface area contributed by atoms with Crippen LogP contribution in [0.5, 0.6) is 0 Å². The van der Waals surface area contributed by atoms with Crippen LogP contribution >= 0.6 is 0 Å². The standard InChI is InChI=1S/C22H16N6.C3H6/c1-3-7-15(8-4-1)19-23-21(27-25-19)17-11-13-18(14-12-17)22-24-20(26-28-22)16-9-5-2-6-10-16;1-3-2/h1-14H,(H,23,25,27)(H,24,26,28);3H,1H2,2H3. The molecule has 0 radical (unpaired) electrons. The number of H-pyrrole nitrogens is 2. The van der Waals surface area contributed by atoms with Crippen molar-refractivity contribution in [2.45, 2.75) is 6.92 Å². The smallest absolute Gasteiger partial charge is 0.181 e. The van der Waals surface area contributed by atoms with Gasteiger partial charge < -0.3 is 0 Å². The first-order valence-corrected chi connectivity index (χ1v) is 9.92. The second kappa shape index (κ2) is 9.45. The summed E-state index contributed by atoms with van der Waals surface area (Å²) >= 11 is 0. The summed E-state index contributed by atoms with van der Waals surface area (Å²) in [4.78, 5) is 9.19. The molecule has 5 aromatic rings. The number of hydrogen-bond donors (Lipinski definition) is 2. The maximum absolute atomic E-state index is 4.59. The number of hydrogen-bond acceptors (Lipinski definition) is 4. The quantitative estimate of drug-likeness (QED) is 0.370. The van der Waals surface area contributed by atoms with Gasteiger partial charge in [-0.3, -0.25) is 10.2 Å². The van der Waals surface area contributed by atoms with Crippen molar-refractivity contribution in [1.82, 2.24) is 30.4 Å². The Morgan fingerprint density at radius 3 is 1.29 bits per heavy atom. The average molecular weight is 406 g/mol. The molecule has 6 heteroatoms. The number of aromatic nitrogens is 6. The van der Waals surface area contributed by atoms with Gasteiger partial charge in [0.15, 0.2) is 23.3 Å². The summed E-state index contributed by atoms with van der Waals surface area (Å²) in [7, 11) is 0. The van der Waals surface area contributed by atoms with E-state index in [0.717, 1.165) is 33.9 Å². The predicted octanol–water partition coefficient (Wildman–Crippen LogP) is 5.78. The molecule has 152 valence electrons. The zero-order chi connectivity index (χ0) is 21.5. The zero-order valence-electron chi connectivity index (χ0n) is 17.2. The third-order valence-electron chi connectivity index (χ3n) is 4.47. The normalized spacial score (nSPS) is 10.2. The number of nitrogens with one attached hydrogen (secondary N) is 2. The molecule has 3 aromatic carbocycles. The molecule has 0 amide bonds. The Morgan fingerprint density at radius 2 is 0.935 bits per heavy atom. The highest BCUT2D eigenvalue weighted by atomic mass is 15.2. The van der Waals surface area contributed by atoms with Crippen LogP contribution in [-0.4, -0.2) is 30.4 Å². The molecule has 0 bridgehead atoms. The van der Waals surface area contributed by atoms with Crippen molar-refractivity contribution >= 4 is 0 Å². The first-order chi connectivity index (χ1) is 15.3. The SMILES string of the molecule is C=CC.c1ccc(-c2n[nH]c(-c3ccc(-c4nc(-c5ccccc5)n[nH]4)cc3)n2)cc1. The lowest BCUT2D eigenvalue weighted by molar-refractivity contribution is 1.10. The van der Waals surface area contributed by atoms with Crippen molar-refractivity contribution < 1.29 is 0 Å². The van der Waals surface area contributed by atoms with Crippen LogP contribution in [0.15, 0.2) is 97.6 Å². The molecule has 0 aliphatic carbocycles. The number of nitrogens with zero attached hydrogens (tertiary/aromatic N) is 4. The van der Waals surface area contributed by atoms with E-state index in [2.05, 4.69) is 36.9 Å². The Kier molecular flexibility index (Phi) is 6.09. The minimum atomic E-state index is 0.683. The summed E-state index contributed by atoms with van der Waals surface area (Å²) in [6.45, 7) is 5.25. The van der Waals surface area contributed by atoms with Crippen LogP contribution in [0.4, 0.5) is 0 Å². The highest BCUT2D eigenvalue weighted by Crippen LogP contribution is 2.24. The van der Waals surface area contributed by atoms with E-state index in [1.54, 1.807) is 6.08 Å². The van der Waals surface area contributed by atoms with Gasteiger partial charge in [-0.2, -0.15) is 10.2 Å². The monoisotopic (exact) mass is 406 g/mol. The molecule has 2 N–H and O–H groups in total. The van der Waals surface area contributed by atoms with Crippen LogP contribution in [0.1, 0.15) is 6.92 Å². The van der Waals surface area contributed by atoms with Gasteiger partial charge in [0.05, 0.1) is 0 Å². The van der Waals surface area contributed by atoms with Gasteiger partial charge in [-0.05, 0) is 6.92 Å². The van der Waals surface area contributed by atoms with Gasteiger partial charge in [-0.25, -0.2) is 9.97 Å². The van der Waals surface area contributed by atoms with Crippen molar-refractivity contribution in [2.24, 2.45) is 0 Å². The maximum Gasteiger partial charge on any atom is 0.181 e. The molecule has 31 heavy (non-hydrogen) atoms. The first-order valence-electron chi connectivity index (χ1n) is 9.92. The molecule has 0 aliphatic rings. The molecular formula is C25H22N6. The molecule has 0 saturated heterocycles. The number of benzene rings is 3. The number of allylic oxidation sites excluding steroid dienone is 1. The molecule has 5 rings (SSSR count). The van der Waals surface area contributed by atoms with Gasteiger partial charge >= 0.3 is 0 Å². The average Bonchev–Trinajstić information content (AvgIpc) is 3.52. The van der Waals surface area contributed by atoms with Crippen LogP contribution in [0, 0.1) is 0 Å². The van der Waals surface area contributed by atoms with Crippen molar-refractivity contribution in [3.63, 3.8) is 0 Å². The van der Waals surface area contributed by atoms with E-state index < -0.39 is 0 Å². The van der Waals surface area contributed by atoms with Gasteiger partial charge in [0.25, 0.3) is 0 Å². The van der Waals surface area contributed by atoms with Gasteiger partial charge in [-0.1, -0.05) is 91.0 Å². The Labute approximate surface area is 180 Å². The molecule has 2 heterocycles. The fourth-order valence-corrected chi connectivity index (χ4v) is 3.00. The van der Waals surface area contributed by atoms with E-state index in [-0.39, 0.29) is 0 Å². The van der Waals surface area contributed by atoms with Gasteiger partial charge in [-0.15, -0.1) is 6.58 Å². The Morgan fingerprint density at radius 1 is 0.581 bits per heavy atom. The molecule has 2 aromatic heterocycles. The lowest BCUT2D eigenvalue weighted by atomic mass is 10.1. The maximum atomic E-state index is 4.59. The second-order valence-electron chi connectivity index (χ2n) is 6.73. The van der Waals surface area contributed by atoms with Crippen molar-refractivity contribution in [3.05, 3.63) is 97.6 Å². The molecule has 0 aliphatic heterocycles. The fraction of sp³-hybridized carbons (Fsp3) is 0.0400. The summed E-state index contributed by atoms with van der Waals surface area (Å²) in [6, 6.07) is 27.8. The lowest BCUT2D eigenvalue weighted by Crippen LogP contribution is -1.84. The fourth-order valence-electron chi connectivity index (χ4n) is 3.00. The topological polar surface area (TPSA) is 83.1 Å². The molecule has 0 atom stereocenters. The van der Waals surface area contributed by atoms with Crippen LogP contribution < -0.4 is 0 Å². The number of aromatic amines is 2. The van der Waals surface area contributed by atoms with Crippen LogP contribution in [0.25, 0.3) is 45.6 Å². The summed E-state index contributed by atoms with van der Waals surface area (Å²) in [6.07, 6.45) is 1.75. The largest absolute Gasteiger partial charge is 0.259 e. The molecule has 0 saturated carbocycles. The predicted molar refractivity (Wildman–Crippen MR) is 124 cm³/mol. The molecule has 0 spiro atoms.